The van der Waals surface area contributed by atoms with E-state index in [9.17, 15) is 4.79 Å². The largest absolute Gasteiger partial charge is 0.352 e. The smallest absolute Gasteiger partial charge is 0.237 e. The van der Waals surface area contributed by atoms with E-state index in [2.05, 4.69) is 17.6 Å². The SMILES string of the molecule is C[C@H](N[C@@H](C)C12CC3CC(CC(C3)C1)C2)C(=O)NC1CC1. The van der Waals surface area contributed by atoms with Crippen LogP contribution in [0.25, 0.3) is 0 Å². The molecule has 1 amide bonds. The fraction of sp³-hybridized carbons (Fsp3) is 0.944. The van der Waals surface area contributed by atoms with Crippen LogP contribution in [0.1, 0.15) is 65.2 Å². The van der Waals surface area contributed by atoms with Crippen LogP contribution in [0.15, 0.2) is 0 Å². The molecule has 3 heteroatoms. The summed E-state index contributed by atoms with van der Waals surface area (Å²) in [7, 11) is 0. The molecule has 0 aliphatic heterocycles. The lowest BCUT2D eigenvalue weighted by Crippen LogP contribution is -2.58. The fourth-order valence-electron chi connectivity index (χ4n) is 5.89. The number of amides is 1. The van der Waals surface area contributed by atoms with Gasteiger partial charge in [0.25, 0.3) is 0 Å². The zero-order valence-electron chi connectivity index (χ0n) is 13.5. The van der Waals surface area contributed by atoms with Gasteiger partial charge in [0.1, 0.15) is 0 Å². The third kappa shape index (κ3) is 2.62. The third-order valence-corrected chi connectivity index (χ3v) is 6.82. The van der Waals surface area contributed by atoms with E-state index in [1.807, 2.05) is 6.92 Å². The van der Waals surface area contributed by atoms with E-state index in [1.54, 1.807) is 0 Å². The van der Waals surface area contributed by atoms with Crippen molar-refractivity contribution in [2.45, 2.75) is 83.3 Å². The summed E-state index contributed by atoms with van der Waals surface area (Å²) in [6, 6.07) is 0.899. The van der Waals surface area contributed by atoms with Crippen LogP contribution in [-0.4, -0.2) is 24.0 Å². The van der Waals surface area contributed by atoms with Crippen LogP contribution in [0.3, 0.4) is 0 Å². The molecule has 0 radical (unpaired) electrons. The van der Waals surface area contributed by atoms with Crippen LogP contribution in [0.4, 0.5) is 0 Å². The molecular formula is C18H30N2O. The number of hydrogen-bond acceptors (Lipinski definition) is 2. The van der Waals surface area contributed by atoms with Crippen LogP contribution in [0, 0.1) is 23.2 Å². The fourth-order valence-corrected chi connectivity index (χ4v) is 5.89. The average molecular weight is 290 g/mol. The van der Waals surface area contributed by atoms with Gasteiger partial charge in [0.15, 0.2) is 0 Å². The van der Waals surface area contributed by atoms with Crippen molar-refractivity contribution in [3.05, 3.63) is 0 Å². The molecule has 3 nitrogen and oxygen atoms in total. The summed E-state index contributed by atoms with van der Waals surface area (Å²) < 4.78 is 0. The van der Waals surface area contributed by atoms with Crippen LogP contribution >= 0.6 is 0 Å². The number of carbonyl (C=O) groups excluding carboxylic acids is 1. The summed E-state index contributed by atoms with van der Waals surface area (Å²) in [5.41, 5.74) is 0.489. The van der Waals surface area contributed by atoms with E-state index in [0.717, 1.165) is 17.8 Å². The van der Waals surface area contributed by atoms with E-state index in [0.29, 0.717) is 17.5 Å². The second kappa shape index (κ2) is 4.97. The number of hydrogen-bond donors (Lipinski definition) is 2. The molecule has 0 aromatic rings. The maximum Gasteiger partial charge on any atom is 0.237 e. The molecule has 118 valence electrons. The van der Waals surface area contributed by atoms with Gasteiger partial charge in [0.2, 0.25) is 5.91 Å². The van der Waals surface area contributed by atoms with Gasteiger partial charge in [0, 0.05) is 12.1 Å². The van der Waals surface area contributed by atoms with Crippen molar-refractivity contribution in [2.24, 2.45) is 23.2 Å². The Kier molecular flexibility index (Phi) is 3.33. The lowest BCUT2D eigenvalue weighted by atomic mass is 9.48. The van der Waals surface area contributed by atoms with Crippen LogP contribution in [0.5, 0.6) is 0 Å². The Balaban J connectivity index is 1.39. The first-order valence-corrected chi connectivity index (χ1v) is 9.10. The first kappa shape index (κ1) is 14.0. The van der Waals surface area contributed by atoms with Gasteiger partial charge in [0.05, 0.1) is 6.04 Å². The van der Waals surface area contributed by atoms with E-state index in [1.165, 1.54) is 51.4 Å². The van der Waals surface area contributed by atoms with E-state index >= 15 is 0 Å². The zero-order valence-corrected chi connectivity index (χ0v) is 13.5. The predicted octanol–water partition coefficient (Wildman–Crippen LogP) is 2.85. The van der Waals surface area contributed by atoms with Crippen molar-refractivity contribution < 1.29 is 4.79 Å². The second-order valence-electron chi connectivity index (χ2n) is 8.67. The zero-order chi connectivity index (χ0) is 14.6. The van der Waals surface area contributed by atoms with Gasteiger partial charge in [-0.2, -0.15) is 0 Å². The van der Waals surface area contributed by atoms with Crippen LogP contribution in [0.2, 0.25) is 0 Å². The minimum Gasteiger partial charge on any atom is -0.352 e. The molecule has 5 rings (SSSR count). The van der Waals surface area contributed by atoms with Gasteiger partial charge >= 0.3 is 0 Å². The highest BCUT2D eigenvalue weighted by Crippen LogP contribution is 2.61. The quantitative estimate of drug-likeness (QED) is 0.817. The summed E-state index contributed by atoms with van der Waals surface area (Å²) in [6.45, 7) is 4.38. The summed E-state index contributed by atoms with van der Waals surface area (Å²) in [6.07, 6.45) is 11.0. The van der Waals surface area contributed by atoms with Crippen molar-refractivity contribution in [3.8, 4) is 0 Å². The lowest BCUT2D eigenvalue weighted by Gasteiger charge is -2.59. The molecule has 0 aromatic heterocycles. The van der Waals surface area contributed by atoms with Gasteiger partial charge < -0.3 is 10.6 Å². The van der Waals surface area contributed by atoms with Crippen molar-refractivity contribution in [1.82, 2.24) is 10.6 Å². The Morgan fingerprint density at radius 3 is 2.00 bits per heavy atom. The molecule has 2 N–H and O–H groups in total. The Morgan fingerprint density at radius 1 is 1.00 bits per heavy atom. The second-order valence-corrected chi connectivity index (χ2v) is 8.67. The van der Waals surface area contributed by atoms with Crippen LogP contribution in [-0.2, 0) is 4.79 Å². The van der Waals surface area contributed by atoms with Gasteiger partial charge in [-0.05, 0) is 88.4 Å². The normalized spacial score (nSPS) is 43.6. The highest BCUT2D eigenvalue weighted by molar-refractivity contribution is 5.81. The van der Waals surface area contributed by atoms with Crippen molar-refractivity contribution in [3.63, 3.8) is 0 Å². The Hall–Kier alpha value is -0.570. The lowest BCUT2D eigenvalue weighted by molar-refractivity contribution is -0.124. The van der Waals surface area contributed by atoms with Gasteiger partial charge in [-0.25, -0.2) is 0 Å². The first-order chi connectivity index (χ1) is 10.0. The van der Waals surface area contributed by atoms with Gasteiger partial charge in [-0.1, -0.05) is 0 Å². The third-order valence-electron chi connectivity index (χ3n) is 6.82. The Morgan fingerprint density at radius 2 is 1.52 bits per heavy atom. The molecule has 5 aliphatic rings. The molecular weight excluding hydrogens is 260 g/mol. The molecule has 5 saturated carbocycles. The minimum absolute atomic E-state index is 0.0476. The predicted molar refractivity (Wildman–Crippen MR) is 83.8 cm³/mol. The number of rotatable bonds is 5. The van der Waals surface area contributed by atoms with Crippen molar-refractivity contribution in [2.75, 3.05) is 0 Å². The molecule has 0 heterocycles. The molecule has 0 aromatic carbocycles. The topological polar surface area (TPSA) is 41.1 Å². The monoisotopic (exact) mass is 290 g/mol. The maximum atomic E-state index is 12.2. The van der Waals surface area contributed by atoms with E-state index < -0.39 is 0 Å². The van der Waals surface area contributed by atoms with Gasteiger partial charge in [-0.15, -0.1) is 0 Å². The Bertz CT molecular complexity index is 394. The molecule has 5 fully saturated rings. The summed E-state index contributed by atoms with van der Waals surface area (Å²) in [4.78, 5) is 12.2. The van der Waals surface area contributed by atoms with Crippen LogP contribution < -0.4 is 10.6 Å². The summed E-state index contributed by atoms with van der Waals surface area (Å²) in [5.74, 6) is 3.15. The highest BCUT2D eigenvalue weighted by atomic mass is 16.2. The number of nitrogens with one attached hydrogen (secondary N) is 2. The summed E-state index contributed by atoms with van der Waals surface area (Å²) in [5, 5.41) is 6.79. The average Bonchev–Trinajstić information content (AvgIpc) is 3.20. The molecule has 0 saturated heterocycles. The van der Waals surface area contributed by atoms with E-state index in [4.69, 9.17) is 0 Å². The molecule has 21 heavy (non-hydrogen) atoms. The van der Waals surface area contributed by atoms with E-state index in [-0.39, 0.29) is 11.9 Å². The highest BCUT2D eigenvalue weighted by Gasteiger charge is 2.53. The Labute approximate surface area is 128 Å². The van der Waals surface area contributed by atoms with Gasteiger partial charge in [-0.3, -0.25) is 4.79 Å². The first-order valence-electron chi connectivity index (χ1n) is 9.10. The minimum atomic E-state index is -0.0476. The molecule has 2 atom stereocenters. The summed E-state index contributed by atoms with van der Waals surface area (Å²) >= 11 is 0. The number of carbonyl (C=O) groups is 1. The van der Waals surface area contributed by atoms with Crippen molar-refractivity contribution >= 4 is 5.91 Å². The molecule has 0 unspecified atom stereocenters. The molecule has 4 bridgehead atoms. The maximum absolute atomic E-state index is 12.2. The standard InChI is InChI=1S/C18H30N2O/c1-11(17(21)20-16-3-4-16)19-12(2)18-8-13-5-14(9-18)7-15(6-13)10-18/h11-16,19H,3-10H2,1-2H3,(H,20,21)/t11-,12-,13?,14?,15?,18?/m0/s1. The molecule has 5 aliphatic carbocycles. The van der Waals surface area contributed by atoms with Crippen molar-refractivity contribution in [1.29, 1.82) is 0 Å². The molecule has 0 spiro atoms.